The first-order valence-electron chi connectivity index (χ1n) is 20.9. The molecule has 3 heterocycles. The number of para-hydroxylation sites is 1. The Hall–Kier alpha value is -8.01. The van der Waals surface area contributed by atoms with Gasteiger partial charge in [-0.15, -0.1) is 0 Å². The number of aromatic amines is 1. The highest BCUT2D eigenvalue weighted by Gasteiger charge is 2.21. The minimum absolute atomic E-state index is 1.14. The van der Waals surface area contributed by atoms with Gasteiger partial charge in [-0.1, -0.05) is 140 Å². The number of aryl methyl sites for hydroxylation is 1. The second-order valence-corrected chi connectivity index (χ2v) is 16.0. The summed E-state index contributed by atoms with van der Waals surface area (Å²) in [5.74, 6) is 0. The van der Waals surface area contributed by atoms with Crippen LogP contribution in [0.2, 0.25) is 0 Å². The average Bonchev–Trinajstić information content (AvgIpc) is 3.92. The predicted molar refractivity (Wildman–Crippen MR) is 257 cm³/mol. The van der Waals surface area contributed by atoms with Gasteiger partial charge in [-0.3, -0.25) is 4.98 Å². The lowest BCUT2D eigenvalue weighted by atomic mass is 9.83. The van der Waals surface area contributed by atoms with E-state index in [4.69, 9.17) is 0 Å². The van der Waals surface area contributed by atoms with Gasteiger partial charge >= 0.3 is 0 Å². The van der Waals surface area contributed by atoms with E-state index in [0.717, 1.165) is 11.1 Å². The maximum atomic E-state index is 4.41. The van der Waals surface area contributed by atoms with Crippen molar-refractivity contribution in [2.75, 3.05) is 0 Å². The molecule has 12 aromatic rings. The van der Waals surface area contributed by atoms with Crippen molar-refractivity contribution in [1.29, 1.82) is 0 Å². The lowest BCUT2D eigenvalue weighted by Gasteiger charge is -2.20. The minimum atomic E-state index is 1.14. The first kappa shape index (κ1) is 35.0. The molecule has 12 rings (SSSR count). The largest absolute Gasteiger partial charge is 0.359 e. The van der Waals surface area contributed by atoms with Gasteiger partial charge in [0.1, 0.15) is 0 Å². The molecule has 0 aliphatic rings. The van der Waals surface area contributed by atoms with Crippen molar-refractivity contribution >= 4 is 54.3 Å². The Morgan fingerprint density at radius 3 is 1.77 bits per heavy atom. The van der Waals surface area contributed by atoms with Gasteiger partial charge in [-0.05, 0) is 155 Å². The van der Waals surface area contributed by atoms with Crippen LogP contribution in [0, 0.1) is 6.92 Å². The van der Waals surface area contributed by atoms with Gasteiger partial charge in [0.25, 0.3) is 0 Å². The average molecular weight is 778 g/mol. The van der Waals surface area contributed by atoms with E-state index < -0.39 is 0 Å². The van der Waals surface area contributed by atoms with Crippen LogP contribution in [-0.4, -0.2) is 14.5 Å². The van der Waals surface area contributed by atoms with Crippen LogP contribution in [0.4, 0.5) is 0 Å². The third-order valence-corrected chi connectivity index (χ3v) is 12.6. The molecule has 0 aliphatic carbocycles. The number of benzene rings is 9. The monoisotopic (exact) mass is 777 g/mol. The molecule has 0 fully saturated rings. The van der Waals surface area contributed by atoms with E-state index in [1.54, 1.807) is 0 Å². The summed E-state index contributed by atoms with van der Waals surface area (Å²) in [4.78, 5) is 7.97. The molecule has 0 saturated carbocycles. The van der Waals surface area contributed by atoms with E-state index >= 15 is 0 Å². The number of fused-ring (bicyclic) bond motifs is 6. The van der Waals surface area contributed by atoms with Crippen molar-refractivity contribution in [3.05, 3.63) is 218 Å². The lowest BCUT2D eigenvalue weighted by molar-refractivity contribution is 1.15. The van der Waals surface area contributed by atoms with Crippen LogP contribution >= 0.6 is 0 Å². The molecule has 0 aliphatic heterocycles. The Morgan fingerprint density at radius 1 is 0.393 bits per heavy atom. The van der Waals surface area contributed by atoms with Crippen LogP contribution in [0.1, 0.15) is 5.56 Å². The number of nitrogens with zero attached hydrogens (tertiary/aromatic N) is 2. The van der Waals surface area contributed by atoms with Gasteiger partial charge in [0.2, 0.25) is 0 Å². The number of nitrogens with one attached hydrogen (secondary N) is 1. The highest BCUT2D eigenvalue weighted by atomic mass is 15.0. The smallest absolute Gasteiger partial charge is 0.0720 e. The minimum Gasteiger partial charge on any atom is -0.359 e. The Morgan fingerprint density at radius 2 is 1.02 bits per heavy atom. The van der Waals surface area contributed by atoms with Gasteiger partial charge in [0.15, 0.2) is 0 Å². The maximum Gasteiger partial charge on any atom is 0.0720 e. The molecule has 0 saturated heterocycles. The Kier molecular flexibility index (Phi) is 8.07. The fourth-order valence-corrected chi connectivity index (χ4v) is 9.83. The van der Waals surface area contributed by atoms with E-state index in [9.17, 15) is 0 Å². The molecule has 0 amide bonds. The fourth-order valence-electron chi connectivity index (χ4n) is 9.83. The summed E-state index contributed by atoms with van der Waals surface area (Å²) < 4.78 is 2.38. The predicted octanol–water partition coefficient (Wildman–Crippen LogP) is 15.6. The molecule has 0 spiro atoms. The van der Waals surface area contributed by atoms with Crippen LogP contribution in [-0.2, 0) is 0 Å². The molecule has 1 N–H and O–H groups in total. The van der Waals surface area contributed by atoms with Crippen molar-refractivity contribution in [3.63, 3.8) is 0 Å². The molecular weight excluding hydrogens is 739 g/mol. The van der Waals surface area contributed by atoms with Gasteiger partial charge in [-0.25, -0.2) is 0 Å². The normalized spacial score (nSPS) is 11.7. The highest BCUT2D eigenvalue weighted by molar-refractivity contribution is 6.23. The van der Waals surface area contributed by atoms with E-state index in [0.29, 0.717) is 0 Å². The third kappa shape index (κ3) is 5.62. The molecule has 286 valence electrons. The summed E-state index contributed by atoms with van der Waals surface area (Å²) in [6, 6.07) is 71.2. The molecule has 61 heavy (non-hydrogen) atoms. The number of hydrogen-bond donors (Lipinski definition) is 1. The summed E-state index contributed by atoms with van der Waals surface area (Å²) in [6.07, 6.45) is 5.84. The number of rotatable bonds is 6. The second kappa shape index (κ2) is 14.1. The van der Waals surface area contributed by atoms with Crippen molar-refractivity contribution in [3.8, 4) is 61.3 Å². The molecule has 3 heteroatoms. The molecule has 0 atom stereocenters. The molecule has 3 aromatic heterocycles. The van der Waals surface area contributed by atoms with Crippen LogP contribution < -0.4 is 0 Å². The standard InChI is InChI=1S/C58H39N3/c1-37-13-5-12-22-53(37)61-54-26-25-40(34-52(54)58-55(61)29-32-60-58)43-33-41-23-24-42(35-51(41)50(36-43)39-27-30-59-31-28-39)56-46-18-8-10-20-48(46)57(49-21-11-9-19-47(49)56)45-17-7-6-16-44(45)38-14-3-2-4-15-38/h2-36,60H,1H3. The first-order valence-corrected chi connectivity index (χ1v) is 20.9. The molecule has 0 bridgehead atoms. The summed E-state index contributed by atoms with van der Waals surface area (Å²) in [5, 5.41) is 8.56. The van der Waals surface area contributed by atoms with Gasteiger partial charge in [0, 0.05) is 29.7 Å². The molecule has 3 nitrogen and oxygen atoms in total. The molecule has 0 unspecified atom stereocenters. The third-order valence-electron chi connectivity index (χ3n) is 12.6. The first-order chi connectivity index (χ1) is 30.2. The van der Waals surface area contributed by atoms with E-state index in [-0.39, 0.29) is 0 Å². The quantitative estimate of drug-likeness (QED) is 0.168. The molecular formula is C58H39N3. The number of pyridine rings is 1. The van der Waals surface area contributed by atoms with Gasteiger partial charge in [0.05, 0.1) is 16.6 Å². The van der Waals surface area contributed by atoms with E-state index in [1.165, 1.54) is 110 Å². The zero-order valence-electron chi connectivity index (χ0n) is 33.6. The van der Waals surface area contributed by atoms with E-state index in [1.807, 2.05) is 18.6 Å². The Bertz CT molecular complexity index is 3590. The van der Waals surface area contributed by atoms with Crippen molar-refractivity contribution in [2.45, 2.75) is 6.92 Å². The van der Waals surface area contributed by atoms with Gasteiger partial charge in [-0.2, -0.15) is 0 Å². The fraction of sp³-hybridized carbons (Fsp3) is 0.0172. The number of aromatic nitrogens is 3. The summed E-state index contributed by atoms with van der Waals surface area (Å²) in [6.45, 7) is 2.18. The lowest BCUT2D eigenvalue weighted by Crippen LogP contribution is -1.96. The highest BCUT2D eigenvalue weighted by Crippen LogP contribution is 2.47. The van der Waals surface area contributed by atoms with Crippen molar-refractivity contribution in [2.24, 2.45) is 0 Å². The Labute approximate surface area is 353 Å². The zero-order valence-corrected chi connectivity index (χ0v) is 33.6. The van der Waals surface area contributed by atoms with Crippen molar-refractivity contribution in [1.82, 2.24) is 14.5 Å². The zero-order chi connectivity index (χ0) is 40.4. The van der Waals surface area contributed by atoms with Crippen LogP contribution in [0.3, 0.4) is 0 Å². The second-order valence-electron chi connectivity index (χ2n) is 16.0. The topological polar surface area (TPSA) is 33.6 Å². The van der Waals surface area contributed by atoms with E-state index in [2.05, 4.69) is 216 Å². The summed E-state index contributed by atoms with van der Waals surface area (Å²) in [5.41, 5.74) is 18.0. The SMILES string of the molecule is Cc1ccccc1-n1c2ccc(-c3cc(-c4ccncc4)c4cc(-c5c6ccccc6c(-c6ccccc6-c6ccccc6)c6ccccc56)ccc4c3)cc2c2[nH]ccc21. The van der Waals surface area contributed by atoms with Crippen LogP contribution in [0.5, 0.6) is 0 Å². The number of H-pyrrole nitrogens is 1. The molecule has 0 radical (unpaired) electrons. The maximum absolute atomic E-state index is 4.41. The van der Waals surface area contributed by atoms with Crippen LogP contribution in [0.25, 0.3) is 116 Å². The summed E-state index contributed by atoms with van der Waals surface area (Å²) >= 11 is 0. The van der Waals surface area contributed by atoms with Crippen LogP contribution in [0.15, 0.2) is 213 Å². The summed E-state index contributed by atoms with van der Waals surface area (Å²) in [7, 11) is 0. The van der Waals surface area contributed by atoms with Crippen molar-refractivity contribution < 1.29 is 0 Å². The number of hydrogen-bond acceptors (Lipinski definition) is 1. The molecule has 9 aromatic carbocycles. The Balaban J connectivity index is 1.07. The van der Waals surface area contributed by atoms with Gasteiger partial charge < -0.3 is 9.55 Å².